The minimum absolute atomic E-state index is 0.384. The smallest absolute Gasteiger partial charge is 0.224 e. The predicted molar refractivity (Wildman–Crippen MR) is 82.9 cm³/mol. The topological polar surface area (TPSA) is 9.23 Å². The highest BCUT2D eigenvalue weighted by Crippen LogP contribution is 2.24. The van der Waals surface area contributed by atoms with E-state index in [-0.39, 0.29) is 0 Å². The molecule has 0 saturated carbocycles. The standard InChI is InChI=1S/C16H28OSi/c1-5-13-18(14-6-2,17-15(4)7-3)16-11-9-8-10-12-16/h8-12,15H,5-7,13-14H2,1-4H3. The van der Waals surface area contributed by atoms with E-state index in [1.165, 1.54) is 30.1 Å². The first-order chi connectivity index (χ1) is 8.68. The van der Waals surface area contributed by atoms with E-state index in [1.54, 1.807) is 0 Å². The van der Waals surface area contributed by atoms with Crippen molar-refractivity contribution in [1.82, 2.24) is 0 Å². The molecule has 1 atom stereocenters. The summed E-state index contributed by atoms with van der Waals surface area (Å²) in [7, 11) is -1.76. The lowest BCUT2D eigenvalue weighted by Gasteiger charge is -2.34. The van der Waals surface area contributed by atoms with Crippen molar-refractivity contribution in [3.8, 4) is 0 Å². The SMILES string of the molecule is CCC[Si](CCC)(OC(C)CC)c1ccccc1. The van der Waals surface area contributed by atoms with Crippen LogP contribution in [0.4, 0.5) is 0 Å². The maximum absolute atomic E-state index is 6.59. The maximum atomic E-state index is 6.59. The Morgan fingerprint density at radius 2 is 1.56 bits per heavy atom. The summed E-state index contributed by atoms with van der Waals surface area (Å²) < 4.78 is 6.59. The van der Waals surface area contributed by atoms with Crippen LogP contribution in [0.25, 0.3) is 0 Å². The molecule has 0 radical (unpaired) electrons. The molecule has 1 aromatic rings. The third-order valence-corrected chi connectivity index (χ3v) is 8.46. The molecule has 0 spiro atoms. The van der Waals surface area contributed by atoms with Crippen molar-refractivity contribution in [2.45, 2.75) is 65.1 Å². The number of hydrogen-bond donors (Lipinski definition) is 0. The molecule has 0 amide bonds. The summed E-state index contributed by atoms with van der Waals surface area (Å²) in [5.41, 5.74) is 0. The zero-order valence-corrected chi connectivity index (χ0v) is 13.4. The normalized spacial score (nSPS) is 13.6. The molecular formula is C16H28OSi. The van der Waals surface area contributed by atoms with E-state index >= 15 is 0 Å². The van der Waals surface area contributed by atoms with Gasteiger partial charge < -0.3 is 4.43 Å². The molecular weight excluding hydrogens is 236 g/mol. The largest absolute Gasteiger partial charge is 0.410 e. The fraction of sp³-hybridized carbons (Fsp3) is 0.625. The van der Waals surface area contributed by atoms with Crippen molar-refractivity contribution in [3.05, 3.63) is 30.3 Å². The summed E-state index contributed by atoms with van der Waals surface area (Å²) in [4.78, 5) is 0. The van der Waals surface area contributed by atoms with E-state index in [4.69, 9.17) is 4.43 Å². The Labute approximate surface area is 114 Å². The van der Waals surface area contributed by atoms with Crippen LogP contribution >= 0.6 is 0 Å². The van der Waals surface area contributed by atoms with Crippen molar-refractivity contribution in [2.75, 3.05) is 0 Å². The molecule has 1 aromatic carbocycles. The zero-order valence-electron chi connectivity index (χ0n) is 12.4. The van der Waals surface area contributed by atoms with Crippen molar-refractivity contribution < 1.29 is 4.43 Å². The van der Waals surface area contributed by atoms with E-state index in [1.807, 2.05) is 0 Å². The molecule has 0 N–H and O–H groups in total. The van der Waals surface area contributed by atoms with Gasteiger partial charge in [-0.15, -0.1) is 0 Å². The van der Waals surface area contributed by atoms with Gasteiger partial charge in [-0.1, -0.05) is 63.9 Å². The predicted octanol–water partition coefficient (Wildman–Crippen LogP) is 4.47. The summed E-state index contributed by atoms with van der Waals surface area (Å²) >= 11 is 0. The maximum Gasteiger partial charge on any atom is 0.224 e. The Bertz CT molecular complexity index is 317. The van der Waals surface area contributed by atoms with E-state index in [9.17, 15) is 0 Å². The van der Waals surface area contributed by atoms with Gasteiger partial charge in [-0.25, -0.2) is 0 Å². The van der Waals surface area contributed by atoms with E-state index < -0.39 is 8.32 Å². The molecule has 1 rings (SSSR count). The average molecular weight is 264 g/mol. The van der Waals surface area contributed by atoms with Gasteiger partial charge in [0.05, 0.1) is 0 Å². The second-order valence-electron chi connectivity index (χ2n) is 5.20. The highest BCUT2D eigenvalue weighted by molar-refractivity contribution is 6.86. The van der Waals surface area contributed by atoms with Gasteiger partial charge in [0.15, 0.2) is 0 Å². The van der Waals surface area contributed by atoms with Crippen LogP contribution in [0.3, 0.4) is 0 Å². The van der Waals surface area contributed by atoms with Gasteiger partial charge in [0.1, 0.15) is 0 Å². The third-order valence-electron chi connectivity index (χ3n) is 3.61. The van der Waals surface area contributed by atoms with Gasteiger partial charge in [0.2, 0.25) is 8.32 Å². The van der Waals surface area contributed by atoms with E-state index in [0.29, 0.717) is 6.10 Å². The van der Waals surface area contributed by atoms with Crippen LogP contribution in [0, 0.1) is 0 Å². The Hall–Kier alpha value is -0.603. The fourth-order valence-electron chi connectivity index (χ4n) is 2.62. The van der Waals surface area contributed by atoms with Crippen molar-refractivity contribution in [3.63, 3.8) is 0 Å². The highest BCUT2D eigenvalue weighted by Gasteiger charge is 2.36. The molecule has 102 valence electrons. The molecule has 0 aliphatic carbocycles. The molecule has 1 nitrogen and oxygen atoms in total. The average Bonchev–Trinajstić information content (AvgIpc) is 2.40. The summed E-state index contributed by atoms with van der Waals surface area (Å²) in [6, 6.07) is 13.5. The third kappa shape index (κ3) is 3.96. The van der Waals surface area contributed by atoms with Crippen molar-refractivity contribution >= 4 is 13.5 Å². The monoisotopic (exact) mass is 264 g/mol. The molecule has 0 aromatic heterocycles. The van der Waals surface area contributed by atoms with Crippen LogP contribution in [0.2, 0.25) is 12.1 Å². The molecule has 0 aliphatic heterocycles. The van der Waals surface area contributed by atoms with Crippen LogP contribution in [0.5, 0.6) is 0 Å². The van der Waals surface area contributed by atoms with Gasteiger partial charge in [0.25, 0.3) is 0 Å². The molecule has 0 aliphatic rings. The number of benzene rings is 1. The van der Waals surface area contributed by atoms with E-state index in [2.05, 4.69) is 58.0 Å². The van der Waals surface area contributed by atoms with Gasteiger partial charge in [0, 0.05) is 6.10 Å². The summed E-state index contributed by atoms with van der Waals surface area (Å²) in [5.74, 6) is 0. The fourth-order valence-corrected chi connectivity index (χ4v) is 7.17. The Morgan fingerprint density at radius 1 is 1.00 bits per heavy atom. The lowest BCUT2D eigenvalue weighted by Crippen LogP contribution is -2.52. The molecule has 0 saturated heterocycles. The van der Waals surface area contributed by atoms with Gasteiger partial charge >= 0.3 is 0 Å². The summed E-state index contributed by atoms with van der Waals surface area (Å²) in [6.45, 7) is 8.99. The van der Waals surface area contributed by atoms with Crippen molar-refractivity contribution in [2.24, 2.45) is 0 Å². The zero-order chi connectivity index (χ0) is 13.4. The molecule has 18 heavy (non-hydrogen) atoms. The molecule has 1 unspecified atom stereocenters. The molecule has 0 fully saturated rings. The molecule has 0 heterocycles. The second kappa shape index (κ2) is 7.75. The number of hydrogen-bond acceptors (Lipinski definition) is 1. The Morgan fingerprint density at radius 3 is 2.00 bits per heavy atom. The number of rotatable bonds is 8. The lowest BCUT2D eigenvalue weighted by molar-refractivity contribution is 0.206. The molecule has 0 bridgehead atoms. The van der Waals surface area contributed by atoms with Gasteiger partial charge in [-0.2, -0.15) is 0 Å². The minimum atomic E-state index is -1.76. The highest BCUT2D eigenvalue weighted by atomic mass is 28.4. The first-order valence-electron chi connectivity index (χ1n) is 7.41. The Balaban J connectivity index is 3.04. The van der Waals surface area contributed by atoms with Gasteiger partial charge in [-0.3, -0.25) is 0 Å². The first kappa shape index (κ1) is 15.5. The van der Waals surface area contributed by atoms with Crippen LogP contribution in [0.1, 0.15) is 47.0 Å². The van der Waals surface area contributed by atoms with Crippen LogP contribution in [0.15, 0.2) is 30.3 Å². The van der Waals surface area contributed by atoms with Gasteiger partial charge in [-0.05, 0) is 30.6 Å². The second-order valence-corrected chi connectivity index (χ2v) is 9.00. The van der Waals surface area contributed by atoms with E-state index in [0.717, 1.165) is 6.42 Å². The van der Waals surface area contributed by atoms with Crippen LogP contribution < -0.4 is 5.19 Å². The Kier molecular flexibility index (Phi) is 6.65. The lowest BCUT2D eigenvalue weighted by atomic mass is 10.3. The van der Waals surface area contributed by atoms with Crippen LogP contribution in [-0.4, -0.2) is 14.4 Å². The quantitative estimate of drug-likeness (QED) is 0.629. The molecule has 2 heteroatoms. The first-order valence-corrected chi connectivity index (χ1v) is 9.74. The summed E-state index contributed by atoms with van der Waals surface area (Å²) in [6.07, 6.45) is 3.93. The minimum Gasteiger partial charge on any atom is -0.410 e. The summed E-state index contributed by atoms with van der Waals surface area (Å²) in [5, 5.41) is 1.48. The van der Waals surface area contributed by atoms with Crippen LogP contribution in [-0.2, 0) is 4.43 Å². The van der Waals surface area contributed by atoms with Crippen molar-refractivity contribution in [1.29, 1.82) is 0 Å².